The van der Waals surface area contributed by atoms with Crippen molar-refractivity contribution < 1.29 is 4.79 Å². The highest BCUT2D eigenvalue weighted by Crippen LogP contribution is 2.11. The van der Waals surface area contributed by atoms with Crippen molar-refractivity contribution >= 4 is 5.78 Å². The summed E-state index contributed by atoms with van der Waals surface area (Å²) < 4.78 is 0. The maximum absolute atomic E-state index is 11.4. The van der Waals surface area contributed by atoms with Crippen molar-refractivity contribution in [2.24, 2.45) is 0 Å². The standard InChI is InChI=1S/C10H10N4O/c1-7-3-4-9(8(2)15)10(13-7)14-11-5-6-12-14/h3-6H,1-2H3. The molecule has 0 aliphatic rings. The summed E-state index contributed by atoms with van der Waals surface area (Å²) in [7, 11) is 0. The molecule has 5 heteroatoms. The smallest absolute Gasteiger partial charge is 0.185 e. The number of Topliss-reactive ketones (excluding diaryl/α,β-unsaturated/α-hetero) is 1. The van der Waals surface area contributed by atoms with E-state index in [-0.39, 0.29) is 5.78 Å². The van der Waals surface area contributed by atoms with Crippen LogP contribution in [-0.4, -0.2) is 25.8 Å². The first-order chi connectivity index (χ1) is 7.18. The summed E-state index contributed by atoms with van der Waals surface area (Å²) in [6.07, 6.45) is 3.10. The van der Waals surface area contributed by atoms with E-state index in [0.717, 1.165) is 5.69 Å². The maximum atomic E-state index is 11.4. The van der Waals surface area contributed by atoms with Gasteiger partial charge in [-0.15, -0.1) is 4.80 Å². The summed E-state index contributed by atoms with van der Waals surface area (Å²) in [6.45, 7) is 3.36. The summed E-state index contributed by atoms with van der Waals surface area (Å²) >= 11 is 0. The zero-order valence-electron chi connectivity index (χ0n) is 8.51. The molecule has 2 aromatic rings. The average Bonchev–Trinajstić information content (AvgIpc) is 2.69. The lowest BCUT2D eigenvalue weighted by Gasteiger charge is -2.05. The van der Waals surface area contributed by atoms with Gasteiger partial charge < -0.3 is 0 Å². The van der Waals surface area contributed by atoms with Crippen LogP contribution in [0.25, 0.3) is 5.82 Å². The molecule has 0 aliphatic heterocycles. The average molecular weight is 202 g/mol. The number of aryl methyl sites for hydroxylation is 1. The van der Waals surface area contributed by atoms with Crippen LogP contribution >= 0.6 is 0 Å². The molecule has 0 bridgehead atoms. The second kappa shape index (κ2) is 3.61. The fourth-order valence-electron chi connectivity index (χ4n) is 1.30. The van der Waals surface area contributed by atoms with Crippen LogP contribution in [0.4, 0.5) is 0 Å². The van der Waals surface area contributed by atoms with Gasteiger partial charge in [0.05, 0.1) is 18.0 Å². The van der Waals surface area contributed by atoms with Gasteiger partial charge in [-0.1, -0.05) is 0 Å². The number of hydrogen-bond donors (Lipinski definition) is 0. The molecular formula is C10H10N4O. The second-order valence-corrected chi connectivity index (χ2v) is 3.20. The van der Waals surface area contributed by atoms with E-state index >= 15 is 0 Å². The summed E-state index contributed by atoms with van der Waals surface area (Å²) in [5.41, 5.74) is 1.35. The first kappa shape index (κ1) is 9.51. The highest BCUT2D eigenvalue weighted by Gasteiger charge is 2.11. The lowest BCUT2D eigenvalue weighted by Crippen LogP contribution is -2.09. The fourth-order valence-corrected chi connectivity index (χ4v) is 1.30. The Balaban J connectivity index is 2.63. The van der Waals surface area contributed by atoms with Gasteiger partial charge in [-0.2, -0.15) is 10.2 Å². The first-order valence-electron chi connectivity index (χ1n) is 4.54. The van der Waals surface area contributed by atoms with Crippen LogP contribution in [0.3, 0.4) is 0 Å². The lowest BCUT2D eigenvalue weighted by molar-refractivity contribution is 0.101. The van der Waals surface area contributed by atoms with Crippen molar-refractivity contribution in [3.8, 4) is 5.82 Å². The molecule has 0 aliphatic carbocycles. The summed E-state index contributed by atoms with van der Waals surface area (Å²) in [4.78, 5) is 17.0. The Morgan fingerprint density at radius 3 is 2.53 bits per heavy atom. The van der Waals surface area contributed by atoms with E-state index in [1.54, 1.807) is 24.5 Å². The highest BCUT2D eigenvalue weighted by molar-refractivity contribution is 5.96. The number of pyridine rings is 1. The summed E-state index contributed by atoms with van der Waals surface area (Å²) in [6, 6.07) is 3.53. The minimum absolute atomic E-state index is 0.0465. The van der Waals surface area contributed by atoms with Crippen LogP contribution in [0, 0.1) is 6.92 Å². The SMILES string of the molecule is CC(=O)c1ccc(C)nc1-n1nccn1. The van der Waals surface area contributed by atoms with Gasteiger partial charge in [0.15, 0.2) is 11.6 Å². The fraction of sp³-hybridized carbons (Fsp3) is 0.200. The van der Waals surface area contributed by atoms with E-state index in [1.807, 2.05) is 6.92 Å². The van der Waals surface area contributed by atoms with Gasteiger partial charge in [-0.05, 0) is 26.0 Å². The molecule has 0 radical (unpaired) electrons. The largest absolute Gasteiger partial charge is 0.294 e. The molecule has 0 atom stereocenters. The van der Waals surface area contributed by atoms with Gasteiger partial charge in [0.2, 0.25) is 0 Å². The predicted molar refractivity (Wildman–Crippen MR) is 53.9 cm³/mol. The van der Waals surface area contributed by atoms with Gasteiger partial charge >= 0.3 is 0 Å². The van der Waals surface area contributed by atoms with Gasteiger partial charge in [-0.25, -0.2) is 4.98 Å². The monoisotopic (exact) mass is 202 g/mol. The molecule has 0 N–H and O–H groups in total. The number of carbonyl (C=O) groups excluding carboxylic acids is 1. The van der Waals surface area contributed by atoms with Crippen molar-refractivity contribution in [2.75, 3.05) is 0 Å². The van der Waals surface area contributed by atoms with E-state index in [2.05, 4.69) is 15.2 Å². The topological polar surface area (TPSA) is 60.7 Å². The Kier molecular flexibility index (Phi) is 2.29. The minimum Gasteiger partial charge on any atom is -0.294 e. The van der Waals surface area contributed by atoms with E-state index in [9.17, 15) is 4.79 Å². The molecule has 5 nitrogen and oxygen atoms in total. The van der Waals surface area contributed by atoms with Crippen LogP contribution in [-0.2, 0) is 0 Å². The van der Waals surface area contributed by atoms with Crippen molar-refractivity contribution in [3.05, 3.63) is 35.8 Å². The van der Waals surface area contributed by atoms with Gasteiger partial charge in [0.1, 0.15) is 0 Å². The number of aromatic nitrogens is 4. The third-order valence-corrected chi connectivity index (χ3v) is 2.00. The van der Waals surface area contributed by atoms with Crippen LogP contribution in [0.15, 0.2) is 24.5 Å². The molecule has 2 heterocycles. The zero-order valence-corrected chi connectivity index (χ0v) is 8.51. The molecule has 0 fully saturated rings. The Labute approximate surface area is 86.8 Å². The van der Waals surface area contributed by atoms with E-state index < -0.39 is 0 Å². The Morgan fingerprint density at radius 1 is 1.27 bits per heavy atom. The van der Waals surface area contributed by atoms with Crippen LogP contribution in [0.1, 0.15) is 23.0 Å². The van der Waals surface area contributed by atoms with Crippen LogP contribution < -0.4 is 0 Å². The quantitative estimate of drug-likeness (QED) is 0.686. The van der Waals surface area contributed by atoms with Crippen molar-refractivity contribution in [1.29, 1.82) is 0 Å². The molecule has 0 aromatic carbocycles. The van der Waals surface area contributed by atoms with Crippen molar-refractivity contribution in [1.82, 2.24) is 20.0 Å². The molecule has 0 saturated heterocycles. The molecule has 76 valence electrons. The number of ketones is 1. The molecular weight excluding hydrogens is 192 g/mol. The normalized spacial score (nSPS) is 10.3. The Morgan fingerprint density at radius 2 is 1.93 bits per heavy atom. The van der Waals surface area contributed by atoms with Crippen LogP contribution in [0.2, 0.25) is 0 Å². The third-order valence-electron chi connectivity index (χ3n) is 2.00. The number of nitrogens with zero attached hydrogens (tertiary/aromatic N) is 4. The third kappa shape index (κ3) is 1.76. The number of hydrogen-bond acceptors (Lipinski definition) is 4. The summed E-state index contributed by atoms with van der Waals surface area (Å²) in [5.74, 6) is 0.433. The first-order valence-corrected chi connectivity index (χ1v) is 4.54. The number of rotatable bonds is 2. The molecule has 0 spiro atoms. The van der Waals surface area contributed by atoms with Gasteiger partial charge in [0, 0.05) is 5.69 Å². The van der Waals surface area contributed by atoms with Crippen molar-refractivity contribution in [3.63, 3.8) is 0 Å². The minimum atomic E-state index is -0.0465. The van der Waals surface area contributed by atoms with Gasteiger partial charge in [-0.3, -0.25) is 4.79 Å². The van der Waals surface area contributed by atoms with E-state index in [0.29, 0.717) is 11.4 Å². The highest BCUT2D eigenvalue weighted by atomic mass is 16.1. The van der Waals surface area contributed by atoms with Crippen molar-refractivity contribution in [2.45, 2.75) is 13.8 Å². The Bertz CT molecular complexity index is 490. The predicted octanol–water partition coefficient (Wildman–Crippen LogP) is 1.17. The second-order valence-electron chi connectivity index (χ2n) is 3.20. The van der Waals surface area contributed by atoms with E-state index in [4.69, 9.17) is 0 Å². The van der Waals surface area contributed by atoms with Crippen LogP contribution in [0.5, 0.6) is 0 Å². The molecule has 15 heavy (non-hydrogen) atoms. The molecule has 2 rings (SSSR count). The van der Waals surface area contributed by atoms with E-state index in [1.165, 1.54) is 11.7 Å². The lowest BCUT2D eigenvalue weighted by atomic mass is 10.2. The summed E-state index contributed by atoms with van der Waals surface area (Å²) in [5, 5.41) is 7.92. The Hall–Kier alpha value is -2.04. The number of carbonyl (C=O) groups is 1. The molecule has 0 unspecified atom stereocenters. The molecule has 2 aromatic heterocycles. The molecule has 0 amide bonds. The zero-order chi connectivity index (χ0) is 10.8. The maximum Gasteiger partial charge on any atom is 0.185 e. The van der Waals surface area contributed by atoms with Gasteiger partial charge in [0.25, 0.3) is 0 Å². The molecule has 0 saturated carbocycles.